The average Bonchev–Trinajstić information content (AvgIpc) is 3.20. The summed E-state index contributed by atoms with van der Waals surface area (Å²) >= 11 is 0.985. The van der Waals surface area contributed by atoms with E-state index >= 15 is 0 Å². The number of nitrogens with zero attached hydrogens (tertiary/aromatic N) is 2. The molecule has 2 heterocycles. The number of piperidine rings is 1. The van der Waals surface area contributed by atoms with Gasteiger partial charge in [-0.1, -0.05) is 24.7 Å². The second-order valence-electron chi connectivity index (χ2n) is 7.53. The summed E-state index contributed by atoms with van der Waals surface area (Å²) in [5.41, 5.74) is 5.25. The molecule has 2 aromatic carbocycles. The van der Waals surface area contributed by atoms with E-state index in [0.717, 1.165) is 49.2 Å². The van der Waals surface area contributed by atoms with Crippen LogP contribution in [0.3, 0.4) is 0 Å². The monoisotopic (exact) mass is 480 g/mol. The molecule has 3 aromatic rings. The first-order chi connectivity index (χ1) is 15.3. The summed E-state index contributed by atoms with van der Waals surface area (Å²) in [4.78, 5) is 16.6. The van der Waals surface area contributed by atoms with Gasteiger partial charge in [-0.2, -0.15) is 4.31 Å². The second kappa shape index (κ2) is 9.08. The van der Waals surface area contributed by atoms with E-state index in [2.05, 4.69) is 15.8 Å². The lowest BCUT2D eigenvalue weighted by Crippen LogP contribution is -2.43. The third-order valence-corrected chi connectivity index (χ3v) is 8.35. The molecule has 0 radical (unpaired) electrons. The predicted octanol–water partition coefficient (Wildman–Crippen LogP) is 4.28. The Balaban J connectivity index is 1.45. The Bertz CT molecular complexity index is 1250. The van der Waals surface area contributed by atoms with Gasteiger partial charge in [0.25, 0.3) is 5.91 Å². The maximum Gasteiger partial charge on any atom is 0.269 e. The summed E-state index contributed by atoms with van der Waals surface area (Å²) in [7, 11) is -3.63. The van der Waals surface area contributed by atoms with Crippen LogP contribution in [0.25, 0.3) is 10.2 Å². The molecule has 4 rings (SSSR count). The molecule has 0 aliphatic carbocycles. The van der Waals surface area contributed by atoms with Gasteiger partial charge >= 0.3 is 0 Å². The minimum atomic E-state index is -3.63. The molecule has 1 amide bonds. The molecule has 1 atom stereocenters. The van der Waals surface area contributed by atoms with Gasteiger partial charge in [-0.15, -0.1) is 0 Å². The topological polar surface area (TPSA) is 91.4 Å². The Morgan fingerprint density at radius 2 is 1.97 bits per heavy atom. The number of nitrogens with one attached hydrogen (secondary N) is 2. The van der Waals surface area contributed by atoms with Crippen molar-refractivity contribution in [2.24, 2.45) is 0 Å². The molecule has 1 fully saturated rings. The number of carbonyl (C=O) groups excluding carboxylic acids is 1. The number of hydrazine groups is 1. The van der Waals surface area contributed by atoms with E-state index in [-0.39, 0.29) is 27.1 Å². The van der Waals surface area contributed by atoms with E-state index in [0.29, 0.717) is 11.2 Å². The van der Waals surface area contributed by atoms with Crippen LogP contribution in [0, 0.1) is 11.6 Å². The van der Waals surface area contributed by atoms with Gasteiger partial charge < -0.3 is 0 Å². The van der Waals surface area contributed by atoms with Crippen LogP contribution in [0.2, 0.25) is 0 Å². The maximum atomic E-state index is 13.8. The molecule has 11 heteroatoms. The molecule has 2 N–H and O–H groups in total. The van der Waals surface area contributed by atoms with Gasteiger partial charge in [0.2, 0.25) is 15.2 Å². The van der Waals surface area contributed by atoms with Gasteiger partial charge in [0.15, 0.2) is 5.82 Å². The lowest BCUT2D eigenvalue weighted by atomic mass is 10.0. The first-order valence-corrected chi connectivity index (χ1v) is 12.5. The molecule has 1 unspecified atom stereocenters. The molecule has 0 bridgehead atoms. The summed E-state index contributed by atoms with van der Waals surface area (Å²) in [6, 6.07) is 7.60. The fourth-order valence-corrected chi connectivity index (χ4v) is 6.43. The Morgan fingerprint density at radius 3 is 2.69 bits per heavy atom. The van der Waals surface area contributed by atoms with Crippen LogP contribution in [0.4, 0.5) is 13.9 Å². The number of benzene rings is 2. The molecule has 1 saturated heterocycles. The van der Waals surface area contributed by atoms with Crippen molar-refractivity contribution in [1.29, 1.82) is 0 Å². The molecule has 1 aliphatic rings. The number of carbonyl (C=O) groups is 1. The molecule has 32 heavy (non-hydrogen) atoms. The lowest BCUT2D eigenvalue weighted by molar-refractivity contribution is 0.0962. The molecular weight excluding hydrogens is 458 g/mol. The smallest absolute Gasteiger partial charge is 0.269 e. The van der Waals surface area contributed by atoms with Crippen molar-refractivity contribution in [2.75, 3.05) is 12.0 Å². The third-order valence-electron chi connectivity index (χ3n) is 5.46. The number of hydrogen-bond acceptors (Lipinski definition) is 6. The minimum absolute atomic E-state index is 0.00537. The highest BCUT2D eigenvalue weighted by Crippen LogP contribution is 2.29. The Morgan fingerprint density at radius 1 is 1.22 bits per heavy atom. The zero-order valence-electron chi connectivity index (χ0n) is 17.3. The Kier molecular flexibility index (Phi) is 6.40. The fraction of sp³-hybridized carbons (Fsp3) is 0.333. The van der Waals surface area contributed by atoms with Crippen molar-refractivity contribution in [3.63, 3.8) is 0 Å². The van der Waals surface area contributed by atoms with Crippen LogP contribution < -0.4 is 10.9 Å². The number of halogens is 2. The number of amides is 1. The first kappa shape index (κ1) is 22.6. The molecule has 7 nitrogen and oxygen atoms in total. The zero-order valence-corrected chi connectivity index (χ0v) is 18.9. The predicted molar refractivity (Wildman–Crippen MR) is 119 cm³/mol. The highest BCUT2D eigenvalue weighted by atomic mass is 32.2. The van der Waals surface area contributed by atoms with Crippen LogP contribution in [0.5, 0.6) is 0 Å². The highest BCUT2D eigenvalue weighted by molar-refractivity contribution is 7.89. The van der Waals surface area contributed by atoms with Crippen LogP contribution in [0.1, 0.15) is 43.0 Å². The van der Waals surface area contributed by atoms with E-state index in [4.69, 9.17) is 0 Å². The van der Waals surface area contributed by atoms with Crippen molar-refractivity contribution < 1.29 is 22.0 Å². The Hall–Kier alpha value is -2.63. The normalized spacial score (nSPS) is 17.4. The summed E-state index contributed by atoms with van der Waals surface area (Å²) in [5.74, 6) is -2.02. The van der Waals surface area contributed by atoms with Crippen molar-refractivity contribution in [3.05, 3.63) is 53.6 Å². The Labute approximate surface area is 188 Å². The minimum Gasteiger partial charge on any atom is -0.273 e. The number of rotatable bonds is 6. The van der Waals surface area contributed by atoms with Gasteiger partial charge in [-0.05, 0) is 49.6 Å². The molecular formula is C21H22F2N4O3S2. The fourth-order valence-electron chi connectivity index (χ4n) is 3.81. The summed E-state index contributed by atoms with van der Waals surface area (Å²) in [5, 5.41) is 0.188. The van der Waals surface area contributed by atoms with Gasteiger partial charge in [0.1, 0.15) is 11.3 Å². The van der Waals surface area contributed by atoms with Crippen molar-refractivity contribution in [1.82, 2.24) is 14.7 Å². The quantitative estimate of drug-likeness (QED) is 0.514. The first-order valence-electron chi connectivity index (χ1n) is 10.2. The molecule has 170 valence electrons. The zero-order chi connectivity index (χ0) is 22.9. The average molecular weight is 481 g/mol. The standard InChI is InChI=1S/C21H22F2N4O3S2/c1-2-15-5-3-4-10-27(15)32(29,30)16-8-6-13(7-9-16)20(28)25-26-21-24-19-17(23)11-14(22)12-18(19)31-21/h6-9,11-12,15H,2-5,10H2,1H3,(H,24,26)(H,25,28). The van der Waals surface area contributed by atoms with Crippen molar-refractivity contribution >= 4 is 42.6 Å². The van der Waals surface area contributed by atoms with Gasteiger partial charge in [0, 0.05) is 24.2 Å². The lowest BCUT2D eigenvalue weighted by Gasteiger charge is -2.34. The van der Waals surface area contributed by atoms with E-state index in [1.165, 1.54) is 24.3 Å². The van der Waals surface area contributed by atoms with Crippen LogP contribution >= 0.6 is 11.3 Å². The van der Waals surface area contributed by atoms with Gasteiger partial charge in [-0.3, -0.25) is 15.6 Å². The number of thiazole rings is 1. The van der Waals surface area contributed by atoms with Gasteiger partial charge in [-0.25, -0.2) is 22.2 Å². The van der Waals surface area contributed by atoms with Crippen molar-refractivity contribution in [3.8, 4) is 0 Å². The van der Waals surface area contributed by atoms with E-state index in [1.54, 1.807) is 4.31 Å². The molecule has 0 saturated carbocycles. The molecule has 1 aliphatic heterocycles. The number of aromatic nitrogens is 1. The van der Waals surface area contributed by atoms with Crippen LogP contribution in [0.15, 0.2) is 41.3 Å². The number of sulfonamides is 1. The SMILES string of the molecule is CCC1CCCCN1S(=O)(=O)c1ccc(C(=O)NNc2nc3c(F)cc(F)cc3s2)cc1. The van der Waals surface area contributed by atoms with E-state index in [9.17, 15) is 22.0 Å². The van der Waals surface area contributed by atoms with E-state index in [1.807, 2.05) is 6.92 Å². The summed E-state index contributed by atoms with van der Waals surface area (Å²) < 4.78 is 55.0. The number of hydrogen-bond donors (Lipinski definition) is 2. The molecule has 1 aromatic heterocycles. The largest absolute Gasteiger partial charge is 0.273 e. The number of anilines is 1. The maximum absolute atomic E-state index is 13.8. The van der Waals surface area contributed by atoms with Crippen LogP contribution in [-0.4, -0.2) is 36.2 Å². The van der Waals surface area contributed by atoms with Crippen molar-refractivity contribution in [2.45, 2.75) is 43.5 Å². The highest BCUT2D eigenvalue weighted by Gasteiger charge is 2.32. The number of fused-ring (bicyclic) bond motifs is 1. The van der Waals surface area contributed by atoms with Crippen LogP contribution in [-0.2, 0) is 10.0 Å². The molecule has 0 spiro atoms. The van der Waals surface area contributed by atoms with Gasteiger partial charge in [0.05, 0.1) is 9.60 Å². The summed E-state index contributed by atoms with van der Waals surface area (Å²) in [6.07, 6.45) is 3.47. The summed E-state index contributed by atoms with van der Waals surface area (Å²) in [6.45, 7) is 2.48. The second-order valence-corrected chi connectivity index (χ2v) is 10.5. The third kappa shape index (κ3) is 4.45. The van der Waals surface area contributed by atoms with E-state index < -0.39 is 27.6 Å².